The van der Waals surface area contributed by atoms with Gasteiger partial charge in [0.2, 0.25) is 5.91 Å². The largest absolute Gasteiger partial charge is 0.356 e. The summed E-state index contributed by atoms with van der Waals surface area (Å²) in [5.41, 5.74) is 1.51. The number of nitrogens with zero attached hydrogens (tertiary/aromatic N) is 3. The average Bonchev–Trinajstić information content (AvgIpc) is 3.33. The Kier molecular flexibility index (Phi) is 4.89. The maximum absolute atomic E-state index is 11.5. The molecule has 1 spiro atoms. The first kappa shape index (κ1) is 19.8. The molecule has 1 aromatic carbocycles. The first-order valence-corrected chi connectivity index (χ1v) is 13.0. The van der Waals surface area contributed by atoms with Crippen LogP contribution in [-0.4, -0.2) is 34.5 Å². The Labute approximate surface area is 194 Å². The fraction of sp³-hybridized carbons (Fsp3) is 0.435. The van der Waals surface area contributed by atoms with Gasteiger partial charge in [0.15, 0.2) is 0 Å². The number of hydrogen-bond donors (Lipinski definition) is 1. The van der Waals surface area contributed by atoms with Crippen LogP contribution < -0.4 is 10.2 Å². The number of carbonyl (C=O) groups is 1. The zero-order valence-electron chi connectivity index (χ0n) is 17.1. The second kappa shape index (κ2) is 7.64. The molecule has 0 radical (unpaired) electrons. The van der Waals surface area contributed by atoms with E-state index in [2.05, 4.69) is 10.2 Å². The Morgan fingerprint density at radius 1 is 1.16 bits per heavy atom. The number of aryl methyl sites for hydroxylation is 2. The molecule has 1 amide bonds. The molecule has 1 aliphatic carbocycles. The van der Waals surface area contributed by atoms with E-state index in [-0.39, 0.29) is 11.4 Å². The number of β-lactam (4-membered cyclic amide) rings is 1. The molecule has 0 atom stereocenters. The Morgan fingerprint density at radius 2 is 1.94 bits per heavy atom. The number of nitrogens with one attached hydrogen (secondary N) is 1. The highest BCUT2D eigenvalue weighted by Crippen LogP contribution is 2.42. The predicted octanol–water partition coefficient (Wildman–Crippen LogP) is 4.98. The van der Waals surface area contributed by atoms with E-state index in [9.17, 15) is 4.79 Å². The summed E-state index contributed by atoms with van der Waals surface area (Å²) in [6.07, 6.45) is 6.20. The summed E-state index contributed by atoms with van der Waals surface area (Å²) in [6.45, 7) is 1.86. The Balaban J connectivity index is 1.31. The number of hydrogen-bond acceptors (Lipinski definition) is 6. The average molecular weight is 471 g/mol. The van der Waals surface area contributed by atoms with Gasteiger partial charge in [0.25, 0.3) is 0 Å². The van der Waals surface area contributed by atoms with Crippen LogP contribution in [0, 0.1) is 0 Å². The number of fused-ring (bicyclic) bond motifs is 3. The molecule has 31 heavy (non-hydrogen) atoms. The number of amides is 1. The molecule has 0 bridgehead atoms. The SMILES string of the molecule is O=C1CC2(CCN(c3nc(CSc4ccc(Cl)cc4)nc4sc5c(c34)CCC5)CC2)N1. The number of rotatable bonds is 4. The third kappa shape index (κ3) is 3.60. The summed E-state index contributed by atoms with van der Waals surface area (Å²) in [5.74, 6) is 2.92. The molecular formula is C23H23ClN4OS2. The van der Waals surface area contributed by atoms with E-state index in [1.54, 1.807) is 11.8 Å². The van der Waals surface area contributed by atoms with E-state index in [1.165, 1.54) is 33.6 Å². The summed E-state index contributed by atoms with van der Waals surface area (Å²) in [4.78, 5) is 27.8. The van der Waals surface area contributed by atoms with E-state index in [0.29, 0.717) is 6.42 Å². The van der Waals surface area contributed by atoms with Gasteiger partial charge in [0, 0.05) is 34.3 Å². The first-order valence-electron chi connectivity index (χ1n) is 10.8. The normalized spacial score (nSPS) is 19.5. The van der Waals surface area contributed by atoms with Gasteiger partial charge in [0.05, 0.1) is 16.7 Å². The van der Waals surface area contributed by atoms with Gasteiger partial charge in [-0.05, 0) is 61.9 Å². The van der Waals surface area contributed by atoms with Crippen LogP contribution in [0.15, 0.2) is 29.2 Å². The highest BCUT2D eigenvalue weighted by atomic mass is 35.5. The third-order valence-electron chi connectivity index (χ3n) is 6.70. The minimum atomic E-state index is 0.0313. The lowest BCUT2D eigenvalue weighted by Crippen LogP contribution is -2.65. The Hall–Kier alpha value is -1.83. The van der Waals surface area contributed by atoms with Crippen LogP contribution in [0.2, 0.25) is 5.02 Å². The molecule has 2 aromatic heterocycles. The first-order chi connectivity index (χ1) is 15.1. The van der Waals surface area contributed by atoms with Crippen LogP contribution in [0.25, 0.3) is 10.2 Å². The van der Waals surface area contributed by atoms with Crippen molar-refractivity contribution in [2.75, 3.05) is 18.0 Å². The molecule has 6 rings (SSSR count). The number of benzene rings is 1. The maximum atomic E-state index is 11.5. The monoisotopic (exact) mass is 470 g/mol. The fourth-order valence-corrected chi connectivity index (χ4v) is 7.18. The van der Waals surface area contributed by atoms with Crippen molar-refractivity contribution in [1.82, 2.24) is 15.3 Å². The van der Waals surface area contributed by atoms with Crippen LogP contribution in [-0.2, 0) is 23.4 Å². The van der Waals surface area contributed by atoms with Crippen molar-refractivity contribution >= 4 is 56.6 Å². The summed E-state index contributed by atoms with van der Waals surface area (Å²) in [5, 5.41) is 5.19. The molecule has 4 heterocycles. The van der Waals surface area contributed by atoms with Crippen LogP contribution >= 0.6 is 34.7 Å². The molecule has 8 heteroatoms. The fourth-order valence-electron chi connectivity index (χ4n) is 5.02. The molecule has 0 unspecified atom stereocenters. The molecule has 2 fully saturated rings. The summed E-state index contributed by atoms with van der Waals surface area (Å²) < 4.78 is 0. The topological polar surface area (TPSA) is 58.1 Å². The van der Waals surface area contributed by atoms with Crippen molar-refractivity contribution in [1.29, 1.82) is 0 Å². The lowest BCUT2D eigenvalue weighted by Gasteiger charge is -2.48. The van der Waals surface area contributed by atoms with Gasteiger partial charge >= 0.3 is 0 Å². The van der Waals surface area contributed by atoms with Crippen LogP contribution in [0.5, 0.6) is 0 Å². The van der Waals surface area contributed by atoms with Gasteiger partial charge in [-0.1, -0.05) is 11.6 Å². The second-order valence-corrected chi connectivity index (χ2v) is 11.3. The molecule has 2 aliphatic heterocycles. The zero-order chi connectivity index (χ0) is 21.0. The number of halogens is 1. The predicted molar refractivity (Wildman–Crippen MR) is 127 cm³/mol. The van der Waals surface area contributed by atoms with Crippen molar-refractivity contribution in [3.05, 3.63) is 45.6 Å². The number of aromatic nitrogens is 2. The minimum absolute atomic E-state index is 0.0313. The quantitative estimate of drug-likeness (QED) is 0.430. The molecule has 5 nitrogen and oxygen atoms in total. The van der Waals surface area contributed by atoms with E-state index in [0.717, 1.165) is 59.6 Å². The van der Waals surface area contributed by atoms with Crippen molar-refractivity contribution in [3.63, 3.8) is 0 Å². The lowest BCUT2D eigenvalue weighted by molar-refractivity contribution is -0.133. The van der Waals surface area contributed by atoms with Gasteiger partial charge < -0.3 is 10.2 Å². The van der Waals surface area contributed by atoms with Crippen molar-refractivity contribution in [2.24, 2.45) is 0 Å². The van der Waals surface area contributed by atoms with Gasteiger partial charge in [-0.3, -0.25) is 4.79 Å². The molecule has 3 aromatic rings. The summed E-state index contributed by atoms with van der Waals surface area (Å²) in [6, 6.07) is 7.93. The number of piperidine rings is 1. The summed E-state index contributed by atoms with van der Waals surface area (Å²) in [7, 11) is 0. The van der Waals surface area contributed by atoms with E-state index in [1.807, 2.05) is 35.6 Å². The standard InChI is InChI=1S/C23H23ClN4OS2/c24-14-4-6-15(7-5-14)30-13-18-25-21(20-16-2-1-3-17(16)31-22(20)26-18)28-10-8-23(9-11-28)12-19(29)27-23/h4-7H,1-3,8-13H2,(H,27,29). The smallest absolute Gasteiger partial charge is 0.222 e. The van der Waals surface area contributed by atoms with Crippen LogP contribution in [0.4, 0.5) is 5.82 Å². The van der Waals surface area contributed by atoms with Crippen LogP contribution in [0.1, 0.15) is 41.9 Å². The molecular weight excluding hydrogens is 448 g/mol. The molecule has 1 N–H and O–H groups in total. The van der Waals surface area contributed by atoms with E-state index < -0.39 is 0 Å². The molecule has 160 valence electrons. The van der Waals surface area contributed by atoms with E-state index >= 15 is 0 Å². The number of carbonyl (C=O) groups excluding carboxylic acids is 1. The minimum Gasteiger partial charge on any atom is -0.356 e. The highest BCUT2D eigenvalue weighted by molar-refractivity contribution is 7.98. The van der Waals surface area contributed by atoms with Crippen molar-refractivity contribution in [3.8, 4) is 0 Å². The Morgan fingerprint density at radius 3 is 2.68 bits per heavy atom. The number of thioether (sulfide) groups is 1. The lowest BCUT2D eigenvalue weighted by atomic mass is 9.78. The van der Waals surface area contributed by atoms with Gasteiger partial charge in [0.1, 0.15) is 16.5 Å². The maximum Gasteiger partial charge on any atom is 0.222 e. The second-order valence-electron chi connectivity index (χ2n) is 8.74. The van der Waals surface area contributed by atoms with Gasteiger partial charge in [-0.15, -0.1) is 23.1 Å². The van der Waals surface area contributed by atoms with Gasteiger partial charge in [-0.2, -0.15) is 0 Å². The molecule has 3 aliphatic rings. The van der Waals surface area contributed by atoms with Crippen molar-refractivity contribution in [2.45, 2.75) is 54.7 Å². The van der Waals surface area contributed by atoms with Crippen LogP contribution in [0.3, 0.4) is 0 Å². The zero-order valence-corrected chi connectivity index (χ0v) is 19.5. The summed E-state index contributed by atoms with van der Waals surface area (Å²) >= 11 is 9.62. The van der Waals surface area contributed by atoms with Gasteiger partial charge in [-0.25, -0.2) is 9.97 Å². The number of thiophene rings is 1. The van der Waals surface area contributed by atoms with Crippen molar-refractivity contribution < 1.29 is 4.79 Å². The third-order valence-corrected chi connectivity index (χ3v) is 9.14. The van der Waals surface area contributed by atoms with E-state index in [4.69, 9.17) is 21.6 Å². The number of anilines is 1. The Bertz CT molecular complexity index is 1160. The molecule has 2 saturated heterocycles. The molecule has 0 saturated carbocycles. The highest BCUT2D eigenvalue weighted by Gasteiger charge is 2.45.